The van der Waals surface area contributed by atoms with Crippen LogP contribution in [0.5, 0.6) is 0 Å². The summed E-state index contributed by atoms with van der Waals surface area (Å²) in [6, 6.07) is 0.135. The second-order valence-corrected chi connectivity index (χ2v) is 8.04. The third kappa shape index (κ3) is 5.23. The first-order valence-electron chi connectivity index (χ1n) is 9.60. The molecule has 3 amide bonds. The Hall–Kier alpha value is -1.01. The van der Waals surface area contributed by atoms with Gasteiger partial charge in [-0.3, -0.25) is 4.79 Å². The maximum atomic E-state index is 12.6. The highest BCUT2D eigenvalue weighted by Crippen LogP contribution is 2.27. The van der Waals surface area contributed by atoms with Gasteiger partial charge in [0, 0.05) is 32.7 Å². The van der Waals surface area contributed by atoms with Crippen LogP contribution in [0, 0.1) is 11.3 Å². The average Bonchev–Trinajstić information content (AvgIpc) is 3.14. The zero-order chi connectivity index (χ0) is 17.0. The van der Waals surface area contributed by atoms with Gasteiger partial charge in [-0.25, -0.2) is 4.79 Å². The van der Waals surface area contributed by atoms with Crippen molar-refractivity contribution in [1.82, 2.24) is 20.4 Å². The fraction of sp³-hybridized carbons (Fsp3) is 0.889. The summed E-state index contributed by atoms with van der Waals surface area (Å²) in [5.41, 5.74) is 0.209. The van der Waals surface area contributed by atoms with Gasteiger partial charge in [0.25, 0.3) is 0 Å². The van der Waals surface area contributed by atoms with E-state index >= 15 is 0 Å². The van der Waals surface area contributed by atoms with Crippen LogP contribution >= 0.6 is 12.4 Å². The second-order valence-electron chi connectivity index (χ2n) is 8.04. The summed E-state index contributed by atoms with van der Waals surface area (Å²) in [6.07, 6.45) is 6.26. The lowest BCUT2D eigenvalue weighted by Crippen LogP contribution is -2.51. The summed E-state index contributed by atoms with van der Waals surface area (Å²) in [5.74, 6) is 0.0873. The number of likely N-dealkylation sites (tertiary alicyclic amines) is 2. The van der Waals surface area contributed by atoms with Gasteiger partial charge in [0.15, 0.2) is 0 Å². The van der Waals surface area contributed by atoms with Gasteiger partial charge in [-0.15, -0.1) is 12.4 Å². The van der Waals surface area contributed by atoms with Crippen molar-refractivity contribution in [2.24, 2.45) is 11.3 Å². The molecule has 3 aliphatic rings. The van der Waals surface area contributed by atoms with Gasteiger partial charge in [0.2, 0.25) is 5.91 Å². The highest BCUT2D eigenvalue weighted by Gasteiger charge is 2.33. The summed E-state index contributed by atoms with van der Waals surface area (Å²) in [6.45, 7) is 8.21. The van der Waals surface area contributed by atoms with E-state index in [1.165, 1.54) is 0 Å². The lowest BCUT2D eigenvalue weighted by molar-refractivity contribution is -0.126. The molecule has 3 saturated heterocycles. The third-order valence-corrected chi connectivity index (χ3v) is 5.94. The minimum absolute atomic E-state index is 0. The van der Waals surface area contributed by atoms with E-state index in [2.05, 4.69) is 17.6 Å². The van der Waals surface area contributed by atoms with E-state index in [0.717, 1.165) is 77.8 Å². The first-order valence-corrected chi connectivity index (χ1v) is 9.60. The number of rotatable bonds is 3. The fourth-order valence-corrected chi connectivity index (χ4v) is 4.13. The van der Waals surface area contributed by atoms with Gasteiger partial charge >= 0.3 is 6.03 Å². The molecule has 6 nitrogen and oxygen atoms in total. The smallest absolute Gasteiger partial charge is 0.320 e. The largest absolute Gasteiger partial charge is 0.355 e. The third-order valence-electron chi connectivity index (χ3n) is 5.94. The van der Waals surface area contributed by atoms with Gasteiger partial charge in [-0.2, -0.15) is 0 Å². The molecule has 144 valence electrons. The Kier molecular flexibility index (Phi) is 7.37. The van der Waals surface area contributed by atoms with Gasteiger partial charge < -0.3 is 20.4 Å². The molecule has 7 heteroatoms. The van der Waals surface area contributed by atoms with Crippen molar-refractivity contribution in [3.05, 3.63) is 0 Å². The van der Waals surface area contributed by atoms with Crippen LogP contribution in [0.15, 0.2) is 0 Å². The van der Waals surface area contributed by atoms with Crippen LogP contribution in [-0.2, 0) is 4.79 Å². The number of urea groups is 1. The van der Waals surface area contributed by atoms with E-state index in [0.29, 0.717) is 6.54 Å². The zero-order valence-electron chi connectivity index (χ0n) is 15.4. The van der Waals surface area contributed by atoms with Crippen molar-refractivity contribution in [2.75, 3.05) is 45.8 Å². The molecule has 1 unspecified atom stereocenters. The topological polar surface area (TPSA) is 64.7 Å². The van der Waals surface area contributed by atoms with E-state index in [1.54, 1.807) is 0 Å². The van der Waals surface area contributed by atoms with E-state index in [4.69, 9.17) is 0 Å². The number of nitrogens with one attached hydrogen (secondary N) is 2. The van der Waals surface area contributed by atoms with Crippen LogP contribution in [-0.4, -0.2) is 67.6 Å². The molecular weight excluding hydrogens is 340 g/mol. The molecule has 0 radical (unpaired) electrons. The molecule has 0 spiro atoms. The molecule has 3 rings (SSSR count). The van der Waals surface area contributed by atoms with Crippen molar-refractivity contribution in [2.45, 2.75) is 45.4 Å². The number of piperidine rings is 2. The number of carbonyl (C=O) groups excluding carboxylic acids is 2. The Balaban J connectivity index is 0.00000225. The monoisotopic (exact) mass is 372 g/mol. The first kappa shape index (κ1) is 20.3. The summed E-state index contributed by atoms with van der Waals surface area (Å²) < 4.78 is 0. The fourth-order valence-electron chi connectivity index (χ4n) is 4.13. The van der Waals surface area contributed by atoms with Crippen LogP contribution in [0.2, 0.25) is 0 Å². The van der Waals surface area contributed by atoms with Gasteiger partial charge in [0.1, 0.15) is 0 Å². The van der Waals surface area contributed by atoms with Gasteiger partial charge in [-0.05, 0) is 57.0 Å². The first-order chi connectivity index (χ1) is 11.6. The van der Waals surface area contributed by atoms with Crippen LogP contribution in [0.4, 0.5) is 4.79 Å². The minimum Gasteiger partial charge on any atom is -0.355 e. The van der Waals surface area contributed by atoms with Crippen molar-refractivity contribution in [1.29, 1.82) is 0 Å². The normalized spacial score (nSPS) is 26.0. The summed E-state index contributed by atoms with van der Waals surface area (Å²) in [5, 5.41) is 6.55. The predicted octanol–water partition coefficient (Wildman–Crippen LogP) is 1.84. The van der Waals surface area contributed by atoms with Crippen molar-refractivity contribution >= 4 is 24.3 Å². The lowest BCUT2D eigenvalue weighted by atomic mass is 9.81. The summed E-state index contributed by atoms with van der Waals surface area (Å²) >= 11 is 0. The van der Waals surface area contributed by atoms with E-state index in [-0.39, 0.29) is 35.7 Å². The van der Waals surface area contributed by atoms with Gasteiger partial charge in [-0.1, -0.05) is 6.92 Å². The molecule has 25 heavy (non-hydrogen) atoms. The van der Waals surface area contributed by atoms with Crippen LogP contribution in [0.1, 0.15) is 45.4 Å². The number of halogens is 1. The molecule has 0 bridgehead atoms. The molecule has 0 saturated carbocycles. The Morgan fingerprint density at radius 2 is 1.72 bits per heavy atom. The van der Waals surface area contributed by atoms with E-state index < -0.39 is 0 Å². The minimum atomic E-state index is -0.0457. The molecule has 1 atom stereocenters. The lowest BCUT2D eigenvalue weighted by Gasteiger charge is -2.37. The Labute approximate surface area is 157 Å². The molecule has 0 aromatic rings. The number of hydrogen-bond donors (Lipinski definition) is 2. The summed E-state index contributed by atoms with van der Waals surface area (Å²) in [4.78, 5) is 29.0. The zero-order valence-corrected chi connectivity index (χ0v) is 16.2. The number of hydrogen-bond acceptors (Lipinski definition) is 3. The van der Waals surface area contributed by atoms with E-state index in [1.807, 2.05) is 9.80 Å². The molecule has 0 aromatic carbocycles. The standard InChI is InChI=1S/C18H32N4O2.ClH/c1-18(6-8-19-9-7-18)14-20-16(23)15-5-4-12-22(13-15)17(24)21-10-2-3-11-21;/h15,19H,2-14H2,1H3,(H,20,23);1H. The highest BCUT2D eigenvalue weighted by molar-refractivity contribution is 5.85. The molecule has 2 N–H and O–H groups in total. The summed E-state index contributed by atoms with van der Waals surface area (Å²) in [7, 11) is 0. The molecule has 3 heterocycles. The second kappa shape index (κ2) is 9.08. The van der Waals surface area contributed by atoms with Crippen molar-refractivity contribution in [3.8, 4) is 0 Å². The van der Waals surface area contributed by atoms with Crippen LogP contribution in [0.25, 0.3) is 0 Å². The SMILES string of the molecule is CC1(CNC(=O)C2CCCN(C(=O)N3CCCC3)C2)CCNCC1.Cl. The van der Waals surface area contributed by atoms with Crippen LogP contribution < -0.4 is 10.6 Å². The molecule has 0 aromatic heterocycles. The average molecular weight is 373 g/mol. The maximum Gasteiger partial charge on any atom is 0.320 e. The molecular formula is C18H33ClN4O2. The Morgan fingerprint density at radius 3 is 2.40 bits per heavy atom. The Bertz CT molecular complexity index is 462. The molecule has 3 aliphatic heterocycles. The number of nitrogens with zero attached hydrogens (tertiary/aromatic N) is 2. The predicted molar refractivity (Wildman–Crippen MR) is 101 cm³/mol. The van der Waals surface area contributed by atoms with Crippen molar-refractivity contribution < 1.29 is 9.59 Å². The molecule has 0 aliphatic carbocycles. The number of amides is 3. The van der Waals surface area contributed by atoms with Gasteiger partial charge in [0.05, 0.1) is 5.92 Å². The Morgan fingerprint density at radius 1 is 1.08 bits per heavy atom. The number of carbonyl (C=O) groups is 2. The van der Waals surface area contributed by atoms with Crippen LogP contribution in [0.3, 0.4) is 0 Å². The maximum absolute atomic E-state index is 12.6. The quantitative estimate of drug-likeness (QED) is 0.794. The van der Waals surface area contributed by atoms with Crippen molar-refractivity contribution in [3.63, 3.8) is 0 Å². The molecule has 3 fully saturated rings. The highest BCUT2D eigenvalue weighted by atomic mass is 35.5. The van der Waals surface area contributed by atoms with E-state index in [9.17, 15) is 9.59 Å².